The molecule has 0 bridgehead atoms. The number of ether oxygens (including phenoxy) is 1. The van der Waals surface area contributed by atoms with E-state index in [4.69, 9.17) is 4.74 Å². The van der Waals surface area contributed by atoms with Gasteiger partial charge >= 0.3 is 0 Å². The fourth-order valence-electron chi connectivity index (χ4n) is 3.84. The van der Waals surface area contributed by atoms with E-state index in [9.17, 15) is 18.0 Å². The molecule has 0 unspecified atom stereocenters. The van der Waals surface area contributed by atoms with Crippen molar-refractivity contribution in [2.24, 2.45) is 0 Å². The second-order valence-corrected chi connectivity index (χ2v) is 9.84. The van der Waals surface area contributed by atoms with Crippen molar-refractivity contribution in [3.05, 3.63) is 81.5 Å². The van der Waals surface area contributed by atoms with E-state index in [1.165, 1.54) is 24.3 Å². The molecule has 11 heteroatoms. The molecule has 188 valence electrons. The lowest BCUT2D eigenvalue weighted by Crippen LogP contribution is -2.30. The first kappa shape index (κ1) is 25.1. The van der Waals surface area contributed by atoms with Gasteiger partial charge in [0, 0.05) is 12.0 Å². The van der Waals surface area contributed by atoms with E-state index >= 15 is 0 Å². The lowest BCUT2D eigenvalue weighted by molar-refractivity contribution is 0.0981. The number of hydrogen-bond acceptors (Lipinski definition) is 7. The quantitative estimate of drug-likeness (QED) is 0.298. The molecule has 10 nitrogen and oxygen atoms in total. The number of nitrogens with zero attached hydrogens (tertiary/aromatic N) is 2. The zero-order valence-corrected chi connectivity index (χ0v) is 20.8. The van der Waals surface area contributed by atoms with Crippen LogP contribution in [-0.4, -0.2) is 41.1 Å². The molecule has 2 aromatic heterocycles. The summed E-state index contributed by atoms with van der Waals surface area (Å²) in [6.45, 7) is 4.24. The highest BCUT2D eigenvalue weighted by Gasteiger charge is 2.21. The monoisotopic (exact) mass is 509 g/mol. The standard InChI is InChI=1S/C25H27N5O5S/c1-3-8-19-22-23(29-28-19)25(32)27-21(26-22)14-11-17-15-18(12-13-20(17)35-4-2)36(33,34)30-24(31)16-9-6-5-7-10-16/h5-7,9-10,12-13,15H,3-4,8,11,14H2,1-2H3,(H,28,29)(H,30,31)(H,26,27,32). The molecular weight excluding hydrogens is 482 g/mol. The van der Waals surface area contributed by atoms with Crippen LogP contribution in [0.2, 0.25) is 0 Å². The molecule has 0 aliphatic heterocycles. The minimum Gasteiger partial charge on any atom is -0.494 e. The molecule has 36 heavy (non-hydrogen) atoms. The van der Waals surface area contributed by atoms with Crippen molar-refractivity contribution in [1.29, 1.82) is 0 Å². The van der Waals surface area contributed by atoms with Gasteiger partial charge in [0.15, 0.2) is 0 Å². The van der Waals surface area contributed by atoms with Gasteiger partial charge in [-0.1, -0.05) is 31.5 Å². The minimum absolute atomic E-state index is 0.0674. The Hall–Kier alpha value is -3.99. The van der Waals surface area contributed by atoms with Crippen molar-refractivity contribution >= 4 is 27.0 Å². The van der Waals surface area contributed by atoms with E-state index in [0.29, 0.717) is 54.0 Å². The van der Waals surface area contributed by atoms with Crippen molar-refractivity contribution in [1.82, 2.24) is 24.9 Å². The lowest BCUT2D eigenvalue weighted by atomic mass is 10.1. The molecule has 3 N–H and O–H groups in total. The summed E-state index contributed by atoms with van der Waals surface area (Å²) < 4.78 is 33.7. The molecule has 0 spiro atoms. The fourth-order valence-corrected chi connectivity index (χ4v) is 4.86. The molecule has 2 aromatic carbocycles. The topological polar surface area (TPSA) is 147 Å². The molecule has 4 rings (SSSR count). The number of rotatable bonds is 10. The molecule has 1 amide bonds. The first-order valence-corrected chi connectivity index (χ1v) is 13.1. The number of amides is 1. The minimum atomic E-state index is -4.13. The maximum absolute atomic E-state index is 12.9. The number of hydrogen-bond donors (Lipinski definition) is 3. The lowest BCUT2D eigenvalue weighted by Gasteiger charge is -2.13. The second-order valence-electron chi connectivity index (χ2n) is 8.16. The summed E-state index contributed by atoms with van der Waals surface area (Å²) in [6, 6.07) is 12.5. The van der Waals surface area contributed by atoms with Gasteiger partial charge in [-0.3, -0.25) is 14.7 Å². The molecular formula is C25H27N5O5S. The van der Waals surface area contributed by atoms with Crippen LogP contribution < -0.4 is 15.0 Å². The normalized spacial score (nSPS) is 11.5. The Bertz CT molecular complexity index is 1540. The van der Waals surface area contributed by atoms with Crippen molar-refractivity contribution in [2.75, 3.05) is 6.61 Å². The number of aromatic nitrogens is 4. The number of aryl methyl sites for hydroxylation is 3. The van der Waals surface area contributed by atoms with Gasteiger partial charge in [0.2, 0.25) is 0 Å². The van der Waals surface area contributed by atoms with Gasteiger partial charge in [0.1, 0.15) is 22.6 Å². The molecule has 0 saturated heterocycles. The Labute approximate surface area is 208 Å². The van der Waals surface area contributed by atoms with Crippen molar-refractivity contribution in [3.63, 3.8) is 0 Å². The molecule has 2 heterocycles. The van der Waals surface area contributed by atoms with Crippen molar-refractivity contribution in [2.45, 2.75) is 44.4 Å². The van der Waals surface area contributed by atoms with E-state index in [1.807, 2.05) is 13.8 Å². The number of sulfonamides is 1. The molecule has 4 aromatic rings. The van der Waals surface area contributed by atoms with E-state index in [1.54, 1.807) is 24.3 Å². The van der Waals surface area contributed by atoms with Gasteiger partial charge in [0.05, 0.1) is 17.2 Å². The smallest absolute Gasteiger partial charge is 0.276 e. The summed E-state index contributed by atoms with van der Waals surface area (Å²) in [5, 5.41) is 6.94. The second kappa shape index (κ2) is 10.7. The fraction of sp³-hybridized carbons (Fsp3) is 0.280. The summed E-state index contributed by atoms with van der Waals surface area (Å²) in [5.74, 6) is 0.257. The van der Waals surface area contributed by atoms with Crippen LogP contribution in [0.3, 0.4) is 0 Å². The van der Waals surface area contributed by atoms with E-state index in [0.717, 1.165) is 12.1 Å². The number of aromatic amines is 2. The zero-order chi connectivity index (χ0) is 25.7. The molecule has 0 aliphatic rings. The summed E-state index contributed by atoms with van der Waals surface area (Å²) in [6.07, 6.45) is 2.24. The van der Waals surface area contributed by atoms with Crippen LogP contribution in [0, 0.1) is 0 Å². The highest BCUT2D eigenvalue weighted by atomic mass is 32.2. The first-order valence-electron chi connectivity index (χ1n) is 11.7. The zero-order valence-electron chi connectivity index (χ0n) is 20.0. The Morgan fingerprint density at radius 3 is 2.56 bits per heavy atom. The van der Waals surface area contributed by atoms with Gasteiger partial charge in [-0.25, -0.2) is 18.1 Å². The largest absolute Gasteiger partial charge is 0.494 e. The molecule has 0 fully saturated rings. The SMILES string of the molecule is CCCc1n[nH]c2c(=O)[nH]c(CCc3cc(S(=O)(=O)NC(=O)c4ccccc4)ccc3OCC)nc12. The Morgan fingerprint density at radius 2 is 1.83 bits per heavy atom. The van der Waals surface area contributed by atoms with Crippen LogP contribution in [-0.2, 0) is 29.3 Å². The molecule has 0 aliphatic carbocycles. The van der Waals surface area contributed by atoms with Gasteiger partial charge in [0.25, 0.3) is 21.5 Å². The van der Waals surface area contributed by atoms with E-state index < -0.39 is 15.9 Å². The average molecular weight is 510 g/mol. The average Bonchev–Trinajstić information content (AvgIpc) is 3.27. The van der Waals surface area contributed by atoms with Crippen LogP contribution in [0.15, 0.2) is 58.2 Å². The maximum Gasteiger partial charge on any atom is 0.276 e. The molecule has 0 saturated carbocycles. The third-order valence-corrected chi connectivity index (χ3v) is 6.90. The molecule has 0 atom stereocenters. The Balaban J connectivity index is 1.60. The predicted octanol–water partition coefficient (Wildman–Crippen LogP) is 2.90. The number of H-pyrrole nitrogens is 2. The predicted molar refractivity (Wildman–Crippen MR) is 135 cm³/mol. The third-order valence-electron chi connectivity index (χ3n) is 5.57. The number of carbonyl (C=O) groups excluding carboxylic acids is 1. The number of carbonyl (C=O) groups is 1. The van der Waals surface area contributed by atoms with Crippen LogP contribution in [0.4, 0.5) is 0 Å². The van der Waals surface area contributed by atoms with Gasteiger partial charge in [-0.2, -0.15) is 5.10 Å². The summed E-state index contributed by atoms with van der Waals surface area (Å²) in [7, 11) is -4.13. The summed E-state index contributed by atoms with van der Waals surface area (Å²) in [4.78, 5) is 32.2. The maximum atomic E-state index is 12.9. The van der Waals surface area contributed by atoms with Crippen LogP contribution in [0.5, 0.6) is 5.75 Å². The van der Waals surface area contributed by atoms with Gasteiger partial charge in [-0.05, 0) is 55.7 Å². The Morgan fingerprint density at radius 1 is 1.06 bits per heavy atom. The summed E-state index contributed by atoms with van der Waals surface area (Å²) >= 11 is 0. The molecule has 0 radical (unpaired) electrons. The third kappa shape index (κ3) is 5.46. The van der Waals surface area contributed by atoms with Crippen LogP contribution >= 0.6 is 0 Å². The van der Waals surface area contributed by atoms with Crippen molar-refractivity contribution < 1.29 is 17.9 Å². The summed E-state index contributed by atoms with van der Waals surface area (Å²) in [5.41, 5.74) is 2.14. The number of fused-ring (bicyclic) bond motifs is 1. The highest BCUT2D eigenvalue weighted by molar-refractivity contribution is 7.90. The van der Waals surface area contributed by atoms with Gasteiger partial charge in [-0.15, -0.1) is 0 Å². The van der Waals surface area contributed by atoms with Gasteiger partial charge < -0.3 is 9.72 Å². The van der Waals surface area contributed by atoms with Crippen LogP contribution in [0.1, 0.15) is 47.7 Å². The highest BCUT2D eigenvalue weighted by Crippen LogP contribution is 2.25. The van der Waals surface area contributed by atoms with E-state index in [-0.39, 0.29) is 16.0 Å². The van der Waals surface area contributed by atoms with E-state index in [2.05, 4.69) is 24.9 Å². The Kier molecular flexibility index (Phi) is 7.49. The van der Waals surface area contributed by atoms with Crippen molar-refractivity contribution in [3.8, 4) is 5.75 Å². The van der Waals surface area contributed by atoms with Crippen LogP contribution in [0.25, 0.3) is 11.0 Å². The number of benzene rings is 2. The number of nitrogens with one attached hydrogen (secondary N) is 3. The first-order chi connectivity index (χ1) is 17.3.